The van der Waals surface area contributed by atoms with Crippen LogP contribution in [0.3, 0.4) is 0 Å². The Bertz CT molecular complexity index is 592. The molecule has 2 aromatic rings. The van der Waals surface area contributed by atoms with E-state index in [0.717, 1.165) is 24.5 Å². The molecule has 1 aromatic heterocycles. The average Bonchev–Trinajstić information content (AvgIpc) is 2.81. The number of rotatable bonds is 5. The lowest BCUT2D eigenvalue weighted by Crippen LogP contribution is -2.14. The molecule has 4 nitrogen and oxygen atoms in total. The molecule has 0 atom stereocenters. The maximum atomic E-state index is 12.2. The summed E-state index contributed by atoms with van der Waals surface area (Å²) in [5, 5.41) is 4.81. The standard InChI is InChI=1S/C14H16ClN3O/c1-3-13-16-14(4-2)18(17-13)9-12(19)10-7-5-6-8-11(10)15/h5-8H,3-4,9H2,1-2H3. The third kappa shape index (κ3) is 3.01. The molecular weight excluding hydrogens is 262 g/mol. The third-order valence-electron chi connectivity index (χ3n) is 2.89. The van der Waals surface area contributed by atoms with Gasteiger partial charge in [-0.15, -0.1) is 0 Å². The lowest BCUT2D eigenvalue weighted by atomic mass is 10.1. The Hall–Kier alpha value is -1.68. The topological polar surface area (TPSA) is 47.8 Å². The molecule has 0 radical (unpaired) electrons. The maximum Gasteiger partial charge on any atom is 0.185 e. The van der Waals surface area contributed by atoms with E-state index in [1.54, 1.807) is 28.9 Å². The highest BCUT2D eigenvalue weighted by Gasteiger charge is 2.14. The summed E-state index contributed by atoms with van der Waals surface area (Å²) in [5.41, 5.74) is 0.528. The zero-order valence-corrected chi connectivity index (χ0v) is 11.8. The van der Waals surface area contributed by atoms with E-state index < -0.39 is 0 Å². The van der Waals surface area contributed by atoms with E-state index in [9.17, 15) is 4.79 Å². The first-order valence-electron chi connectivity index (χ1n) is 6.36. The first-order valence-corrected chi connectivity index (χ1v) is 6.73. The van der Waals surface area contributed by atoms with E-state index in [2.05, 4.69) is 10.1 Å². The van der Waals surface area contributed by atoms with Gasteiger partial charge in [0.1, 0.15) is 12.4 Å². The van der Waals surface area contributed by atoms with Crippen LogP contribution in [0.2, 0.25) is 5.02 Å². The monoisotopic (exact) mass is 277 g/mol. The highest BCUT2D eigenvalue weighted by atomic mass is 35.5. The summed E-state index contributed by atoms with van der Waals surface area (Å²) in [7, 11) is 0. The van der Waals surface area contributed by atoms with Crippen molar-refractivity contribution in [3.63, 3.8) is 0 Å². The molecular formula is C14H16ClN3O. The van der Waals surface area contributed by atoms with Crippen molar-refractivity contribution in [3.8, 4) is 0 Å². The van der Waals surface area contributed by atoms with Crippen LogP contribution in [0.4, 0.5) is 0 Å². The molecule has 1 heterocycles. The number of benzene rings is 1. The summed E-state index contributed by atoms with van der Waals surface area (Å²) in [6.07, 6.45) is 1.52. The fourth-order valence-electron chi connectivity index (χ4n) is 1.87. The van der Waals surface area contributed by atoms with Crippen LogP contribution in [0, 0.1) is 0 Å². The van der Waals surface area contributed by atoms with Crippen LogP contribution in [0.25, 0.3) is 0 Å². The summed E-state index contributed by atoms with van der Waals surface area (Å²) < 4.78 is 1.67. The zero-order valence-electron chi connectivity index (χ0n) is 11.1. The van der Waals surface area contributed by atoms with Gasteiger partial charge >= 0.3 is 0 Å². The van der Waals surface area contributed by atoms with E-state index in [1.807, 2.05) is 13.8 Å². The van der Waals surface area contributed by atoms with Crippen molar-refractivity contribution >= 4 is 17.4 Å². The number of aryl methyl sites for hydroxylation is 2. The second-order valence-electron chi connectivity index (χ2n) is 4.21. The molecule has 1 aromatic carbocycles. The predicted octanol–water partition coefficient (Wildman–Crippen LogP) is 2.94. The largest absolute Gasteiger partial charge is 0.292 e. The van der Waals surface area contributed by atoms with Crippen molar-refractivity contribution in [2.75, 3.05) is 0 Å². The Kier molecular flexibility index (Phi) is 4.32. The molecule has 0 fully saturated rings. The van der Waals surface area contributed by atoms with Crippen molar-refractivity contribution in [2.45, 2.75) is 33.2 Å². The van der Waals surface area contributed by atoms with Gasteiger partial charge in [-0.1, -0.05) is 37.6 Å². The highest BCUT2D eigenvalue weighted by molar-refractivity contribution is 6.33. The minimum atomic E-state index is -0.0483. The van der Waals surface area contributed by atoms with Crippen LogP contribution in [0.15, 0.2) is 24.3 Å². The van der Waals surface area contributed by atoms with Gasteiger partial charge in [-0.2, -0.15) is 5.10 Å². The third-order valence-corrected chi connectivity index (χ3v) is 3.22. The number of aromatic nitrogens is 3. The van der Waals surface area contributed by atoms with Gasteiger partial charge in [0.15, 0.2) is 11.6 Å². The highest BCUT2D eigenvalue weighted by Crippen LogP contribution is 2.16. The van der Waals surface area contributed by atoms with Crippen LogP contribution in [0.1, 0.15) is 35.9 Å². The summed E-state index contributed by atoms with van der Waals surface area (Å²) in [4.78, 5) is 16.6. The Morgan fingerprint density at radius 1 is 1.26 bits per heavy atom. The molecule has 0 aliphatic heterocycles. The number of carbonyl (C=O) groups excluding carboxylic acids is 1. The van der Waals surface area contributed by atoms with Gasteiger partial charge in [-0.25, -0.2) is 9.67 Å². The lowest BCUT2D eigenvalue weighted by Gasteiger charge is -2.05. The number of carbonyl (C=O) groups is 1. The molecule has 0 N–H and O–H groups in total. The Morgan fingerprint density at radius 2 is 2.00 bits per heavy atom. The van der Waals surface area contributed by atoms with Crippen LogP contribution in [0.5, 0.6) is 0 Å². The molecule has 0 amide bonds. The van der Waals surface area contributed by atoms with Gasteiger partial charge in [-0.3, -0.25) is 4.79 Å². The van der Waals surface area contributed by atoms with Gasteiger partial charge in [0, 0.05) is 18.4 Å². The van der Waals surface area contributed by atoms with Gasteiger partial charge in [0.05, 0.1) is 5.02 Å². The van der Waals surface area contributed by atoms with Crippen molar-refractivity contribution in [1.29, 1.82) is 0 Å². The van der Waals surface area contributed by atoms with Crippen molar-refractivity contribution in [2.24, 2.45) is 0 Å². The van der Waals surface area contributed by atoms with Crippen LogP contribution in [-0.4, -0.2) is 20.5 Å². The van der Waals surface area contributed by atoms with Crippen molar-refractivity contribution in [1.82, 2.24) is 14.8 Å². The zero-order chi connectivity index (χ0) is 13.8. The molecule has 19 heavy (non-hydrogen) atoms. The number of nitrogens with zero attached hydrogens (tertiary/aromatic N) is 3. The SMILES string of the molecule is CCc1nc(CC)n(CC(=O)c2ccccc2Cl)n1. The van der Waals surface area contributed by atoms with E-state index in [-0.39, 0.29) is 12.3 Å². The molecule has 2 rings (SSSR count). The molecule has 0 spiro atoms. The molecule has 0 unspecified atom stereocenters. The molecule has 100 valence electrons. The number of hydrogen-bond acceptors (Lipinski definition) is 3. The average molecular weight is 278 g/mol. The van der Waals surface area contributed by atoms with Gasteiger partial charge in [0.25, 0.3) is 0 Å². The summed E-state index contributed by atoms with van der Waals surface area (Å²) in [6, 6.07) is 7.06. The van der Waals surface area contributed by atoms with E-state index >= 15 is 0 Å². The smallest absolute Gasteiger partial charge is 0.185 e. The molecule has 0 aliphatic rings. The van der Waals surface area contributed by atoms with E-state index in [4.69, 9.17) is 11.6 Å². The summed E-state index contributed by atoms with van der Waals surface area (Å²) in [6.45, 7) is 4.18. The van der Waals surface area contributed by atoms with Crippen molar-refractivity contribution < 1.29 is 4.79 Å². The number of halogens is 1. The Balaban J connectivity index is 2.24. The van der Waals surface area contributed by atoms with Gasteiger partial charge in [0.2, 0.25) is 0 Å². The fraction of sp³-hybridized carbons (Fsp3) is 0.357. The molecule has 0 aliphatic carbocycles. The van der Waals surface area contributed by atoms with E-state index in [1.165, 1.54) is 0 Å². The Morgan fingerprint density at radius 3 is 2.63 bits per heavy atom. The Labute approximate surface area is 117 Å². The summed E-state index contributed by atoms with van der Waals surface area (Å²) >= 11 is 6.03. The first-order chi connectivity index (χ1) is 9.15. The minimum Gasteiger partial charge on any atom is -0.292 e. The quantitative estimate of drug-likeness (QED) is 0.790. The summed E-state index contributed by atoms with van der Waals surface area (Å²) in [5.74, 6) is 1.55. The van der Waals surface area contributed by atoms with Crippen LogP contribution < -0.4 is 0 Å². The van der Waals surface area contributed by atoms with Crippen LogP contribution >= 0.6 is 11.6 Å². The predicted molar refractivity (Wildman–Crippen MR) is 74.6 cm³/mol. The van der Waals surface area contributed by atoms with E-state index in [0.29, 0.717) is 10.6 Å². The molecule has 0 bridgehead atoms. The molecule has 0 saturated carbocycles. The number of hydrogen-bond donors (Lipinski definition) is 0. The van der Waals surface area contributed by atoms with Crippen molar-refractivity contribution in [3.05, 3.63) is 46.5 Å². The second-order valence-corrected chi connectivity index (χ2v) is 4.62. The number of Topliss-reactive ketones (excluding diaryl/α,β-unsaturated/α-hetero) is 1. The van der Waals surface area contributed by atoms with Gasteiger partial charge < -0.3 is 0 Å². The fourth-order valence-corrected chi connectivity index (χ4v) is 2.11. The molecule has 0 saturated heterocycles. The normalized spacial score (nSPS) is 10.7. The molecule has 5 heteroatoms. The number of ketones is 1. The van der Waals surface area contributed by atoms with Gasteiger partial charge in [-0.05, 0) is 12.1 Å². The maximum absolute atomic E-state index is 12.2. The second kappa shape index (κ2) is 5.97. The lowest BCUT2D eigenvalue weighted by molar-refractivity contribution is 0.0966. The van der Waals surface area contributed by atoms with Crippen LogP contribution in [-0.2, 0) is 19.4 Å². The minimum absolute atomic E-state index is 0.0483. The first kappa shape index (κ1) is 13.7.